The molecule has 0 aliphatic rings. The highest BCUT2D eigenvalue weighted by atomic mass is 32.1. The zero-order chi connectivity index (χ0) is 9.42. The molecule has 1 nitrogen and oxygen atoms in total. The summed E-state index contributed by atoms with van der Waals surface area (Å²) in [6, 6.07) is 4.17. The highest BCUT2D eigenvalue weighted by Gasteiger charge is 1.99. The van der Waals surface area contributed by atoms with Crippen LogP contribution < -0.4 is 9.75 Å². The predicted octanol–water partition coefficient (Wildman–Crippen LogP) is 1.82. The maximum atomic E-state index is 4.46. The maximum Gasteiger partial charge on any atom is 0.124 e. The number of fused-ring (bicyclic) bond motifs is 1. The van der Waals surface area contributed by atoms with Crippen LogP contribution in [-0.2, 0) is 0 Å². The summed E-state index contributed by atoms with van der Waals surface area (Å²) in [5.41, 5.74) is 1.07. The molecule has 2 aromatic rings. The van der Waals surface area contributed by atoms with Crippen LogP contribution in [0.5, 0.6) is 0 Å². The van der Waals surface area contributed by atoms with Crippen molar-refractivity contribution in [2.75, 3.05) is 0 Å². The molecule has 0 aliphatic carbocycles. The van der Waals surface area contributed by atoms with E-state index in [4.69, 9.17) is 0 Å². The molecule has 0 aromatic carbocycles. The first-order valence-electron chi connectivity index (χ1n) is 4.24. The molecule has 0 radical (unpaired) electrons. The fraction of sp³-hybridized carbons (Fsp3) is 0.182. The van der Waals surface area contributed by atoms with Crippen LogP contribution in [0.25, 0.3) is 22.9 Å². The second-order valence-corrected chi connectivity index (χ2v) is 4.12. The minimum absolute atomic E-state index is 1.07. The van der Waals surface area contributed by atoms with Gasteiger partial charge in [-0.15, -0.1) is 11.3 Å². The molecule has 2 aromatic heterocycles. The van der Waals surface area contributed by atoms with E-state index in [-0.39, 0.29) is 0 Å². The second-order valence-electron chi connectivity index (χ2n) is 3.03. The van der Waals surface area contributed by atoms with E-state index >= 15 is 0 Å². The lowest BCUT2D eigenvalue weighted by Gasteiger charge is -1.90. The SMILES string of the molecule is C=c1sc2nc(C)ccc2/c1=C/C. The number of aryl methyl sites for hydroxylation is 1. The summed E-state index contributed by atoms with van der Waals surface area (Å²) >= 11 is 1.66. The summed E-state index contributed by atoms with van der Waals surface area (Å²) in [4.78, 5) is 5.56. The third-order valence-corrected chi connectivity index (χ3v) is 3.07. The Morgan fingerprint density at radius 3 is 2.92 bits per heavy atom. The van der Waals surface area contributed by atoms with Crippen molar-refractivity contribution in [2.45, 2.75) is 13.8 Å². The van der Waals surface area contributed by atoms with E-state index < -0.39 is 0 Å². The summed E-state index contributed by atoms with van der Waals surface area (Å²) in [5.74, 6) is 0. The van der Waals surface area contributed by atoms with Crippen molar-refractivity contribution in [3.8, 4) is 0 Å². The van der Waals surface area contributed by atoms with E-state index in [0.717, 1.165) is 15.1 Å². The van der Waals surface area contributed by atoms with Gasteiger partial charge in [-0.3, -0.25) is 0 Å². The Labute approximate surface area is 81.1 Å². The predicted molar refractivity (Wildman–Crippen MR) is 59.3 cm³/mol. The second kappa shape index (κ2) is 2.96. The summed E-state index contributed by atoms with van der Waals surface area (Å²) in [6.45, 7) is 8.05. The molecular formula is C11H11NS. The van der Waals surface area contributed by atoms with Crippen molar-refractivity contribution in [1.29, 1.82) is 0 Å². The van der Waals surface area contributed by atoms with Crippen LogP contribution in [0.15, 0.2) is 12.1 Å². The molecule has 0 fully saturated rings. The molecule has 66 valence electrons. The van der Waals surface area contributed by atoms with Gasteiger partial charge in [0.05, 0.1) is 0 Å². The number of aromatic nitrogens is 1. The molecule has 0 saturated heterocycles. The average Bonchev–Trinajstić information content (AvgIpc) is 2.39. The van der Waals surface area contributed by atoms with Crippen LogP contribution >= 0.6 is 11.3 Å². The van der Waals surface area contributed by atoms with Gasteiger partial charge in [-0.25, -0.2) is 4.98 Å². The van der Waals surface area contributed by atoms with Crippen molar-refractivity contribution in [2.24, 2.45) is 0 Å². The van der Waals surface area contributed by atoms with E-state index in [1.165, 1.54) is 10.6 Å². The largest absolute Gasteiger partial charge is 0.242 e. The minimum Gasteiger partial charge on any atom is -0.242 e. The highest BCUT2D eigenvalue weighted by molar-refractivity contribution is 7.16. The van der Waals surface area contributed by atoms with Crippen molar-refractivity contribution in [3.05, 3.63) is 27.6 Å². The number of pyridine rings is 1. The van der Waals surface area contributed by atoms with Crippen LogP contribution in [-0.4, -0.2) is 4.98 Å². The van der Waals surface area contributed by atoms with Gasteiger partial charge < -0.3 is 0 Å². The first-order chi connectivity index (χ1) is 6.22. The first kappa shape index (κ1) is 8.45. The molecule has 0 spiro atoms. The van der Waals surface area contributed by atoms with Crippen LogP contribution in [0.3, 0.4) is 0 Å². The Morgan fingerprint density at radius 2 is 2.23 bits per heavy atom. The Bertz CT molecular complexity index is 551. The monoisotopic (exact) mass is 189 g/mol. The maximum absolute atomic E-state index is 4.46. The number of nitrogens with zero attached hydrogens (tertiary/aromatic N) is 1. The summed E-state index contributed by atoms with van der Waals surface area (Å²) in [5, 5.41) is 2.45. The number of rotatable bonds is 0. The van der Waals surface area contributed by atoms with E-state index in [9.17, 15) is 0 Å². The van der Waals surface area contributed by atoms with E-state index in [1.54, 1.807) is 11.3 Å². The average molecular weight is 189 g/mol. The van der Waals surface area contributed by atoms with Crippen molar-refractivity contribution in [3.63, 3.8) is 0 Å². The van der Waals surface area contributed by atoms with Gasteiger partial charge in [0.2, 0.25) is 0 Å². The van der Waals surface area contributed by atoms with E-state index in [0.29, 0.717) is 0 Å². The van der Waals surface area contributed by atoms with Crippen LogP contribution in [0.4, 0.5) is 0 Å². The fourth-order valence-corrected chi connectivity index (χ4v) is 2.50. The third-order valence-electron chi connectivity index (χ3n) is 2.10. The van der Waals surface area contributed by atoms with Crippen LogP contribution in [0.1, 0.15) is 12.6 Å². The Hall–Kier alpha value is -1.15. The van der Waals surface area contributed by atoms with Gasteiger partial charge in [-0.05, 0) is 31.2 Å². The lowest BCUT2D eigenvalue weighted by Crippen LogP contribution is -2.15. The minimum atomic E-state index is 1.07. The highest BCUT2D eigenvalue weighted by Crippen LogP contribution is 2.10. The third kappa shape index (κ3) is 1.27. The number of hydrogen-bond donors (Lipinski definition) is 0. The molecule has 0 saturated carbocycles. The van der Waals surface area contributed by atoms with Gasteiger partial charge >= 0.3 is 0 Å². The molecule has 0 N–H and O–H groups in total. The zero-order valence-corrected chi connectivity index (χ0v) is 8.61. The Kier molecular flexibility index (Phi) is 1.93. The molecular weight excluding hydrogens is 178 g/mol. The Morgan fingerprint density at radius 1 is 1.46 bits per heavy atom. The van der Waals surface area contributed by atoms with Gasteiger partial charge in [0.25, 0.3) is 0 Å². The lowest BCUT2D eigenvalue weighted by molar-refractivity contribution is 1.27. The standard InChI is InChI=1S/C11H11NS/c1-4-9-8(3)13-11-10(9)6-5-7(2)12-11/h4-6H,3H2,1-2H3/b9-4+. The molecule has 0 bridgehead atoms. The smallest absolute Gasteiger partial charge is 0.124 e. The van der Waals surface area contributed by atoms with Crippen molar-refractivity contribution >= 4 is 34.2 Å². The van der Waals surface area contributed by atoms with Gasteiger partial charge in [0.1, 0.15) is 4.83 Å². The molecule has 2 heteroatoms. The molecule has 2 rings (SSSR count). The molecule has 0 unspecified atom stereocenters. The normalized spacial score (nSPS) is 12.6. The van der Waals surface area contributed by atoms with Crippen LogP contribution in [0, 0.1) is 6.92 Å². The molecule has 0 aliphatic heterocycles. The van der Waals surface area contributed by atoms with Gasteiger partial charge in [-0.1, -0.05) is 12.7 Å². The summed E-state index contributed by atoms with van der Waals surface area (Å²) < 4.78 is 1.11. The van der Waals surface area contributed by atoms with Crippen LogP contribution in [0.2, 0.25) is 0 Å². The molecule has 0 atom stereocenters. The lowest BCUT2D eigenvalue weighted by atomic mass is 10.2. The first-order valence-corrected chi connectivity index (χ1v) is 5.05. The summed E-state index contributed by atoms with van der Waals surface area (Å²) in [6.07, 6.45) is 2.10. The van der Waals surface area contributed by atoms with Gasteiger partial charge in [0, 0.05) is 15.6 Å². The van der Waals surface area contributed by atoms with Crippen molar-refractivity contribution in [1.82, 2.24) is 4.98 Å². The zero-order valence-electron chi connectivity index (χ0n) is 7.79. The van der Waals surface area contributed by atoms with Crippen molar-refractivity contribution < 1.29 is 0 Å². The topological polar surface area (TPSA) is 12.9 Å². The quantitative estimate of drug-likeness (QED) is 0.616. The Balaban J connectivity index is 3.04. The summed E-state index contributed by atoms with van der Waals surface area (Å²) in [7, 11) is 0. The van der Waals surface area contributed by atoms with E-state index in [2.05, 4.69) is 23.7 Å². The molecule has 13 heavy (non-hydrogen) atoms. The van der Waals surface area contributed by atoms with Gasteiger partial charge in [0.15, 0.2) is 0 Å². The number of hydrogen-bond acceptors (Lipinski definition) is 2. The fourth-order valence-electron chi connectivity index (χ4n) is 1.45. The van der Waals surface area contributed by atoms with Gasteiger partial charge in [-0.2, -0.15) is 0 Å². The number of thiophene rings is 1. The molecule has 2 heterocycles. The van der Waals surface area contributed by atoms with E-state index in [1.807, 2.05) is 19.9 Å². The molecule has 0 amide bonds.